The first-order valence-electron chi connectivity index (χ1n) is 6.35. The molecule has 2 aromatic rings. The summed E-state index contributed by atoms with van der Waals surface area (Å²) in [4.78, 5) is 16.3. The minimum atomic E-state index is -0.304. The molecule has 0 saturated heterocycles. The van der Waals surface area contributed by atoms with Gasteiger partial charge in [-0.05, 0) is 36.0 Å². The summed E-state index contributed by atoms with van der Waals surface area (Å²) in [5, 5.41) is 13.4. The number of aromatic hydroxyl groups is 1. The number of hydrogen-bond donors (Lipinski definition) is 2. The van der Waals surface area contributed by atoms with E-state index in [2.05, 4.69) is 10.3 Å². The zero-order valence-corrected chi connectivity index (χ0v) is 11.8. The molecule has 0 aromatic heterocycles. The lowest BCUT2D eigenvalue weighted by atomic mass is 10.2. The van der Waals surface area contributed by atoms with Gasteiger partial charge in [-0.25, -0.2) is 0 Å². The predicted octanol–water partition coefficient (Wildman–Crippen LogP) is 3.47. The lowest BCUT2D eigenvalue weighted by Crippen LogP contribution is -2.04. The molecule has 2 N–H and O–H groups in total. The van der Waals surface area contributed by atoms with Crippen LogP contribution in [0.3, 0.4) is 0 Å². The van der Waals surface area contributed by atoms with E-state index in [1.54, 1.807) is 30.3 Å². The number of aliphatic imine (C=N–C) groups is 1. The SMILES string of the molecule is O=C1N=C(Nc2ccccc2)S/C1=C\c1ccccc1O. The fourth-order valence-electron chi connectivity index (χ4n) is 1.86. The van der Waals surface area contributed by atoms with E-state index in [0.29, 0.717) is 15.6 Å². The number of hydrogen-bond acceptors (Lipinski definition) is 4. The summed E-state index contributed by atoms with van der Waals surface area (Å²) < 4.78 is 0. The van der Waals surface area contributed by atoms with Gasteiger partial charge in [0.1, 0.15) is 5.75 Å². The Hall–Kier alpha value is -2.53. The number of rotatable bonds is 2. The predicted molar refractivity (Wildman–Crippen MR) is 86.2 cm³/mol. The summed E-state index contributed by atoms with van der Waals surface area (Å²) in [5.41, 5.74) is 1.48. The highest BCUT2D eigenvalue weighted by Crippen LogP contribution is 2.31. The maximum absolute atomic E-state index is 11.9. The number of thioether (sulfide) groups is 1. The van der Waals surface area contributed by atoms with Crippen LogP contribution >= 0.6 is 11.8 Å². The van der Waals surface area contributed by atoms with Crippen molar-refractivity contribution in [1.82, 2.24) is 0 Å². The highest BCUT2D eigenvalue weighted by Gasteiger charge is 2.22. The van der Waals surface area contributed by atoms with Gasteiger partial charge in [-0.15, -0.1) is 0 Å². The van der Waals surface area contributed by atoms with E-state index in [9.17, 15) is 9.90 Å². The maximum Gasteiger partial charge on any atom is 0.286 e. The summed E-state index contributed by atoms with van der Waals surface area (Å²) in [5.74, 6) is -0.162. The smallest absolute Gasteiger partial charge is 0.286 e. The Morgan fingerprint density at radius 1 is 1.05 bits per heavy atom. The molecule has 0 aliphatic carbocycles. The van der Waals surface area contributed by atoms with Crippen LogP contribution in [0.15, 0.2) is 64.5 Å². The minimum absolute atomic E-state index is 0.142. The third-order valence-corrected chi connectivity index (χ3v) is 3.77. The van der Waals surface area contributed by atoms with Crippen LogP contribution in [-0.4, -0.2) is 16.2 Å². The maximum atomic E-state index is 11.9. The average molecular weight is 296 g/mol. The van der Waals surface area contributed by atoms with Crippen molar-refractivity contribution in [1.29, 1.82) is 0 Å². The van der Waals surface area contributed by atoms with E-state index in [1.807, 2.05) is 30.3 Å². The number of carbonyl (C=O) groups excluding carboxylic acids is 1. The van der Waals surface area contributed by atoms with E-state index < -0.39 is 0 Å². The number of phenols is 1. The monoisotopic (exact) mass is 296 g/mol. The molecule has 0 radical (unpaired) electrons. The number of amides is 1. The van der Waals surface area contributed by atoms with Crippen molar-refractivity contribution in [3.8, 4) is 5.75 Å². The topological polar surface area (TPSA) is 61.7 Å². The van der Waals surface area contributed by atoms with Gasteiger partial charge >= 0.3 is 0 Å². The molecule has 1 aliphatic rings. The van der Waals surface area contributed by atoms with E-state index in [1.165, 1.54) is 11.8 Å². The first-order valence-corrected chi connectivity index (χ1v) is 7.17. The summed E-state index contributed by atoms with van der Waals surface area (Å²) in [7, 11) is 0. The van der Waals surface area contributed by atoms with Crippen molar-refractivity contribution in [3.63, 3.8) is 0 Å². The van der Waals surface area contributed by atoms with Crippen molar-refractivity contribution < 1.29 is 9.90 Å². The Morgan fingerprint density at radius 2 is 1.76 bits per heavy atom. The molecule has 0 spiro atoms. The zero-order chi connectivity index (χ0) is 14.7. The number of amidine groups is 1. The average Bonchev–Trinajstić information content (AvgIpc) is 2.82. The molecule has 0 bridgehead atoms. The lowest BCUT2D eigenvalue weighted by molar-refractivity contribution is -0.113. The van der Waals surface area contributed by atoms with Crippen molar-refractivity contribution >= 4 is 34.6 Å². The molecule has 21 heavy (non-hydrogen) atoms. The van der Waals surface area contributed by atoms with Crippen molar-refractivity contribution in [3.05, 3.63) is 65.1 Å². The van der Waals surface area contributed by atoms with E-state index >= 15 is 0 Å². The summed E-state index contributed by atoms with van der Waals surface area (Å²) in [6.45, 7) is 0. The largest absolute Gasteiger partial charge is 0.507 e. The Labute approximate surface area is 126 Å². The molecule has 0 atom stereocenters. The first kappa shape index (κ1) is 13.5. The number of phenolic OH excluding ortho intramolecular Hbond substituents is 1. The molecule has 0 fully saturated rings. The van der Waals surface area contributed by atoms with Crippen LogP contribution in [-0.2, 0) is 4.79 Å². The third kappa shape index (κ3) is 3.14. The summed E-state index contributed by atoms with van der Waals surface area (Å²) in [6, 6.07) is 16.4. The highest BCUT2D eigenvalue weighted by molar-refractivity contribution is 8.18. The number of anilines is 1. The van der Waals surface area contributed by atoms with Crippen LogP contribution < -0.4 is 5.32 Å². The molecule has 1 amide bonds. The third-order valence-electron chi connectivity index (χ3n) is 2.87. The highest BCUT2D eigenvalue weighted by atomic mass is 32.2. The van der Waals surface area contributed by atoms with Gasteiger partial charge in [0, 0.05) is 11.3 Å². The van der Waals surface area contributed by atoms with Gasteiger partial charge in [-0.1, -0.05) is 36.4 Å². The number of nitrogens with zero attached hydrogens (tertiary/aromatic N) is 1. The number of nitrogens with one attached hydrogen (secondary N) is 1. The Morgan fingerprint density at radius 3 is 2.52 bits per heavy atom. The van der Waals surface area contributed by atoms with Crippen LogP contribution in [0.1, 0.15) is 5.56 Å². The minimum Gasteiger partial charge on any atom is -0.507 e. The van der Waals surface area contributed by atoms with E-state index in [0.717, 1.165) is 5.69 Å². The fourth-order valence-corrected chi connectivity index (χ4v) is 2.68. The van der Waals surface area contributed by atoms with E-state index in [4.69, 9.17) is 0 Å². The van der Waals surface area contributed by atoms with Crippen LogP contribution in [0.4, 0.5) is 5.69 Å². The van der Waals surface area contributed by atoms with Gasteiger partial charge in [0.15, 0.2) is 5.17 Å². The van der Waals surface area contributed by atoms with Gasteiger partial charge in [0.25, 0.3) is 5.91 Å². The Balaban J connectivity index is 1.78. The quantitative estimate of drug-likeness (QED) is 0.833. The van der Waals surface area contributed by atoms with E-state index in [-0.39, 0.29) is 11.7 Å². The first-order chi connectivity index (χ1) is 10.2. The van der Waals surface area contributed by atoms with Gasteiger partial charge in [0.05, 0.1) is 4.91 Å². The van der Waals surface area contributed by atoms with Crippen molar-refractivity contribution in [2.75, 3.05) is 5.32 Å². The Bertz CT molecular complexity index is 739. The Kier molecular flexibility index (Phi) is 3.75. The standard InChI is InChI=1S/C16H12N2O2S/c19-13-9-5-4-6-11(13)10-14-15(20)18-16(21-14)17-12-7-2-1-3-8-12/h1-10,19H,(H,17,18,20)/b14-10-. The molecule has 1 aliphatic heterocycles. The molecule has 2 aromatic carbocycles. The van der Waals surface area contributed by atoms with Gasteiger partial charge in [-0.3, -0.25) is 4.79 Å². The molecule has 0 unspecified atom stereocenters. The number of benzene rings is 2. The molecular weight excluding hydrogens is 284 g/mol. The fraction of sp³-hybridized carbons (Fsp3) is 0. The number of carbonyl (C=O) groups is 1. The lowest BCUT2D eigenvalue weighted by Gasteiger charge is -2.03. The second kappa shape index (κ2) is 5.85. The molecule has 3 rings (SSSR count). The van der Waals surface area contributed by atoms with Crippen LogP contribution in [0.25, 0.3) is 6.08 Å². The second-order valence-electron chi connectivity index (χ2n) is 4.38. The number of para-hydroxylation sites is 2. The second-order valence-corrected chi connectivity index (χ2v) is 5.41. The summed E-state index contributed by atoms with van der Waals surface area (Å²) in [6.07, 6.45) is 1.64. The molecule has 4 nitrogen and oxygen atoms in total. The van der Waals surface area contributed by atoms with Gasteiger partial charge < -0.3 is 10.4 Å². The summed E-state index contributed by atoms with van der Waals surface area (Å²) >= 11 is 1.26. The van der Waals surface area contributed by atoms with Crippen LogP contribution in [0, 0.1) is 0 Å². The van der Waals surface area contributed by atoms with Gasteiger partial charge in [-0.2, -0.15) is 4.99 Å². The van der Waals surface area contributed by atoms with Crippen molar-refractivity contribution in [2.24, 2.45) is 4.99 Å². The molecular formula is C16H12N2O2S. The van der Waals surface area contributed by atoms with Gasteiger partial charge in [0.2, 0.25) is 0 Å². The van der Waals surface area contributed by atoms with Crippen LogP contribution in [0.5, 0.6) is 5.75 Å². The van der Waals surface area contributed by atoms with Crippen LogP contribution in [0.2, 0.25) is 0 Å². The molecule has 1 heterocycles. The van der Waals surface area contributed by atoms with Crippen molar-refractivity contribution in [2.45, 2.75) is 0 Å². The molecule has 0 saturated carbocycles. The molecule has 104 valence electrons. The molecule has 5 heteroatoms. The normalized spacial score (nSPS) is 16.1. The zero-order valence-electron chi connectivity index (χ0n) is 11.0.